The number of amides is 2. The third kappa shape index (κ3) is 3.44. The smallest absolute Gasteiger partial charge is 0.253 e. The molecule has 0 radical (unpaired) electrons. The first-order chi connectivity index (χ1) is 9.56. The van der Waals surface area contributed by atoms with Crippen LogP contribution in [0.1, 0.15) is 22.8 Å². The maximum Gasteiger partial charge on any atom is 0.253 e. The third-order valence-corrected chi connectivity index (χ3v) is 2.75. The lowest BCUT2D eigenvalue weighted by Gasteiger charge is -2.16. The minimum absolute atomic E-state index is 0.113. The van der Waals surface area contributed by atoms with E-state index in [2.05, 4.69) is 15.5 Å². The average Bonchev–Trinajstić information content (AvgIpc) is 2.90. The van der Waals surface area contributed by atoms with Crippen molar-refractivity contribution < 1.29 is 9.59 Å². The van der Waals surface area contributed by atoms with E-state index in [1.807, 2.05) is 0 Å². The van der Waals surface area contributed by atoms with Crippen molar-refractivity contribution in [2.75, 3.05) is 12.4 Å². The van der Waals surface area contributed by atoms with Gasteiger partial charge in [-0.3, -0.25) is 14.7 Å². The van der Waals surface area contributed by atoms with Gasteiger partial charge in [0.2, 0.25) is 5.91 Å². The van der Waals surface area contributed by atoms with Gasteiger partial charge in [-0.05, 0) is 18.2 Å². The van der Waals surface area contributed by atoms with Gasteiger partial charge in [-0.1, -0.05) is 6.07 Å². The molecule has 104 valence electrons. The summed E-state index contributed by atoms with van der Waals surface area (Å²) in [6, 6.07) is 6.87. The highest BCUT2D eigenvalue weighted by Gasteiger charge is 2.13. The summed E-state index contributed by atoms with van der Waals surface area (Å²) in [6.07, 6.45) is 3.43. The Labute approximate surface area is 116 Å². The number of nitrogens with one attached hydrogen (secondary N) is 2. The third-order valence-electron chi connectivity index (χ3n) is 2.75. The van der Waals surface area contributed by atoms with E-state index in [1.54, 1.807) is 48.6 Å². The number of anilines is 1. The molecule has 6 nitrogen and oxygen atoms in total. The minimum Gasteiger partial charge on any atom is -0.337 e. The molecule has 6 heteroatoms. The summed E-state index contributed by atoms with van der Waals surface area (Å²) in [5, 5.41) is 9.21. The van der Waals surface area contributed by atoms with Gasteiger partial charge in [-0.15, -0.1) is 0 Å². The highest BCUT2D eigenvalue weighted by Crippen LogP contribution is 2.13. The number of aromatic nitrogens is 2. The lowest BCUT2D eigenvalue weighted by Crippen LogP contribution is -2.26. The number of hydrogen-bond acceptors (Lipinski definition) is 3. The van der Waals surface area contributed by atoms with Crippen LogP contribution in [-0.4, -0.2) is 34.0 Å². The lowest BCUT2D eigenvalue weighted by atomic mass is 10.1. The number of H-pyrrole nitrogens is 1. The van der Waals surface area contributed by atoms with Crippen molar-refractivity contribution in [3.63, 3.8) is 0 Å². The van der Waals surface area contributed by atoms with Gasteiger partial charge in [-0.25, -0.2) is 0 Å². The van der Waals surface area contributed by atoms with E-state index in [0.717, 1.165) is 5.56 Å². The van der Waals surface area contributed by atoms with Crippen LogP contribution in [0.15, 0.2) is 36.7 Å². The second kappa shape index (κ2) is 6.01. The quantitative estimate of drug-likeness (QED) is 0.888. The van der Waals surface area contributed by atoms with Gasteiger partial charge in [0.25, 0.3) is 5.91 Å². The summed E-state index contributed by atoms with van der Waals surface area (Å²) in [6.45, 7) is 1.90. The zero-order valence-corrected chi connectivity index (χ0v) is 11.4. The molecule has 1 aromatic carbocycles. The number of carbonyl (C=O) groups excluding carboxylic acids is 2. The number of aromatic amines is 1. The molecule has 0 bridgehead atoms. The lowest BCUT2D eigenvalue weighted by molar-refractivity contribution is -0.114. The Morgan fingerprint density at radius 3 is 2.85 bits per heavy atom. The molecule has 1 aromatic heterocycles. The van der Waals surface area contributed by atoms with Crippen LogP contribution >= 0.6 is 0 Å². The average molecular weight is 272 g/mol. The van der Waals surface area contributed by atoms with Crippen molar-refractivity contribution in [2.24, 2.45) is 0 Å². The Bertz CT molecular complexity index is 607. The van der Waals surface area contributed by atoms with E-state index in [4.69, 9.17) is 0 Å². The molecule has 2 amide bonds. The maximum absolute atomic E-state index is 12.3. The Balaban J connectivity index is 2.10. The minimum atomic E-state index is -0.165. The van der Waals surface area contributed by atoms with Crippen molar-refractivity contribution >= 4 is 17.5 Å². The predicted molar refractivity (Wildman–Crippen MR) is 75.1 cm³/mol. The molecule has 0 fully saturated rings. The van der Waals surface area contributed by atoms with Crippen LogP contribution in [-0.2, 0) is 11.3 Å². The van der Waals surface area contributed by atoms with E-state index in [9.17, 15) is 9.59 Å². The van der Waals surface area contributed by atoms with E-state index in [1.165, 1.54) is 6.92 Å². The van der Waals surface area contributed by atoms with Crippen LogP contribution in [0.5, 0.6) is 0 Å². The first-order valence-corrected chi connectivity index (χ1v) is 6.17. The molecule has 1 heterocycles. The normalized spacial score (nSPS) is 10.1. The monoisotopic (exact) mass is 272 g/mol. The second-order valence-electron chi connectivity index (χ2n) is 4.53. The maximum atomic E-state index is 12.3. The number of hydrogen-bond donors (Lipinski definition) is 2. The summed E-state index contributed by atoms with van der Waals surface area (Å²) in [4.78, 5) is 24.9. The van der Waals surface area contributed by atoms with Gasteiger partial charge in [0.1, 0.15) is 0 Å². The predicted octanol–water partition coefficient (Wildman–Crippen LogP) is 1.64. The number of nitrogens with zero attached hydrogens (tertiary/aromatic N) is 2. The fraction of sp³-hybridized carbons (Fsp3) is 0.214. The van der Waals surface area contributed by atoms with Gasteiger partial charge < -0.3 is 10.2 Å². The Kier molecular flexibility index (Phi) is 4.14. The van der Waals surface area contributed by atoms with Crippen LogP contribution in [0.4, 0.5) is 5.69 Å². The van der Waals surface area contributed by atoms with Gasteiger partial charge in [0.05, 0.1) is 6.20 Å². The van der Waals surface area contributed by atoms with E-state index in [-0.39, 0.29) is 11.8 Å². The second-order valence-corrected chi connectivity index (χ2v) is 4.53. The van der Waals surface area contributed by atoms with E-state index in [0.29, 0.717) is 17.8 Å². The highest BCUT2D eigenvalue weighted by molar-refractivity contribution is 5.96. The molecule has 2 aromatic rings. The molecule has 0 aliphatic rings. The highest BCUT2D eigenvalue weighted by atomic mass is 16.2. The van der Waals surface area contributed by atoms with Crippen molar-refractivity contribution in [3.05, 3.63) is 47.8 Å². The van der Waals surface area contributed by atoms with Gasteiger partial charge in [-0.2, -0.15) is 5.10 Å². The zero-order chi connectivity index (χ0) is 14.5. The van der Waals surface area contributed by atoms with Crippen LogP contribution in [0.25, 0.3) is 0 Å². The number of benzene rings is 1. The first kappa shape index (κ1) is 13.8. The van der Waals surface area contributed by atoms with Crippen LogP contribution in [0, 0.1) is 0 Å². The van der Waals surface area contributed by atoms with Gasteiger partial charge in [0, 0.05) is 43.5 Å². The first-order valence-electron chi connectivity index (χ1n) is 6.17. The Morgan fingerprint density at radius 1 is 1.40 bits per heavy atom. The van der Waals surface area contributed by atoms with Crippen molar-refractivity contribution in [2.45, 2.75) is 13.5 Å². The molecule has 0 saturated heterocycles. The summed E-state index contributed by atoms with van der Waals surface area (Å²) in [7, 11) is 1.72. The van der Waals surface area contributed by atoms with Gasteiger partial charge >= 0.3 is 0 Å². The standard InChI is InChI=1S/C14H16N4O2/c1-10(19)17-13-5-3-4-12(6-13)14(20)18(2)9-11-7-15-16-8-11/h3-8H,9H2,1-2H3,(H,15,16)(H,17,19). The molecule has 2 rings (SSSR count). The molecule has 0 atom stereocenters. The largest absolute Gasteiger partial charge is 0.337 e. The van der Waals surface area contributed by atoms with Crippen molar-refractivity contribution in [3.8, 4) is 0 Å². The molecule has 0 aliphatic heterocycles. The van der Waals surface area contributed by atoms with Crippen LogP contribution in [0.2, 0.25) is 0 Å². The molecule has 20 heavy (non-hydrogen) atoms. The summed E-state index contributed by atoms with van der Waals surface area (Å²) < 4.78 is 0. The fourth-order valence-corrected chi connectivity index (χ4v) is 1.86. The van der Waals surface area contributed by atoms with E-state index < -0.39 is 0 Å². The SMILES string of the molecule is CC(=O)Nc1cccc(C(=O)N(C)Cc2cn[nH]c2)c1. The molecule has 2 N–H and O–H groups in total. The summed E-state index contributed by atoms with van der Waals surface area (Å²) in [5.74, 6) is -0.278. The van der Waals surface area contributed by atoms with E-state index >= 15 is 0 Å². The van der Waals surface area contributed by atoms with Crippen molar-refractivity contribution in [1.82, 2.24) is 15.1 Å². The van der Waals surface area contributed by atoms with Gasteiger partial charge in [0.15, 0.2) is 0 Å². The Hall–Kier alpha value is -2.63. The fourth-order valence-electron chi connectivity index (χ4n) is 1.86. The number of rotatable bonds is 4. The molecule has 0 saturated carbocycles. The van der Waals surface area contributed by atoms with Crippen LogP contribution in [0.3, 0.4) is 0 Å². The zero-order valence-electron chi connectivity index (χ0n) is 11.4. The summed E-state index contributed by atoms with van der Waals surface area (Å²) in [5.41, 5.74) is 2.07. The summed E-state index contributed by atoms with van der Waals surface area (Å²) >= 11 is 0. The molecular formula is C14H16N4O2. The molecule has 0 spiro atoms. The topological polar surface area (TPSA) is 78.1 Å². The van der Waals surface area contributed by atoms with Crippen molar-refractivity contribution in [1.29, 1.82) is 0 Å². The molecule has 0 aliphatic carbocycles. The molecular weight excluding hydrogens is 256 g/mol. The Morgan fingerprint density at radius 2 is 2.20 bits per heavy atom. The number of carbonyl (C=O) groups is 2. The molecule has 0 unspecified atom stereocenters. The van der Waals surface area contributed by atoms with Crippen LogP contribution < -0.4 is 5.32 Å².